The van der Waals surface area contributed by atoms with E-state index in [9.17, 15) is 14.0 Å². The van der Waals surface area contributed by atoms with Crippen LogP contribution in [0.1, 0.15) is 31.8 Å². The fraction of sp³-hybridized carbons (Fsp3) is 0.0952. The van der Waals surface area contributed by atoms with Crippen molar-refractivity contribution in [3.05, 3.63) is 94.0 Å². The summed E-state index contributed by atoms with van der Waals surface area (Å²) in [5, 5.41) is 5.31. The van der Waals surface area contributed by atoms with Gasteiger partial charge in [-0.2, -0.15) is 0 Å². The van der Waals surface area contributed by atoms with Crippen LogP contribution in [0.5, 0.6) is 0 Å². The minimum Gasteiger partial charge on any atom is -0.348 e. The Balaban J connectivity index is 1.68. The second kappa shape index (κ2) is 8.63. The molecule has 0 aliphatic carbocycles. The Morgan fingerprint density at radius 1 is 1.04 bits per heavy atom. The number of hydrogen-bond donors (Lipinski definition) is 2. The predicted octanol–water partition coefficient (Wildman–Crippen LogP) is 4.36. The summed E-state index contributed by atoms with van der Waals surface area (Å²) < 4.78 is 13.2. The van der Waals surface area contributed by atoms with Crippen LogP contribution in [0.4, 0.5) is 10.1 Å². The molecule has 1 aromatic heterocycles. The van der Waals surface area contributed by atoms with Crippen LogP contribution >= 0.6 is 11.6 Å². The Hall–Kier alpha value is -3.25. The maximum absolute atomic E-state index is 13.2. The van der Waals surface area contributed by atoms with E-state index < -0.39 is 11.7 Å². The molecule has 5 nitrogen and oxygen atoms in total. The Labute approximate surface area is 166 Å². The summed E-state index contributed by atoms with van der Waals surface area (Å²) in [4.78, 5) is 28.8. The smallest absolute Gasteiger partial charge is 0.257 e. The van der Waals surface area contributed by atoms with Crippen LogP contribution in [0.3, 0.4) is 0 Å². The first-order valence-corrected chi connectivity index (χ1v) is 8.86. The van der Waals surface area contributed by atoms with E-state index in [1.807, 2.05) is 31.2 Å². The van der Waals surface area contributed by atoms with Crippen molar-refractivity contribution in [2.75, 3.05) is 5.32 Å². The molecule has 0 radical (unpaired) electrons. The standard InChI is InChI=1S/C21H17ClFN3O2/c1-13-4-2-3-5-14(13)12-25-20(27)15-8-16(11-24-10-15)21(28)26-17-6-7-19(23)18(22)9-17/h2-11H,12H2,1H3,(H,25,27)(H,26,28). The summed E-state index contributed by atoms with van der Waals surface area (Å²) in [7, 11) is 0. The van der Waals surface area contributed by atoms with E-state index >= 15 is 0 Å². The monoisotopic (exact) mass is 397 g/mol. The molecule has 2 aromatic carbocycles. The third kappa shape index (κ3) is 4.72. The molecule has 2 N–H and O–H groups in total. The first-order valence-electron chi connectivity index (χ1n) is 8.48. The van der Waals surface area contributed by atoms with Gasteiger partial charge in [0.25, 0.3) is 11.8 Å². The molecule has 0 unspecified atom stereocenters. The lowest BCUT2D eigenvalue weighted by atomic mass is 10.1. The number of amides is 2. The topological polar surface area (TPSA) is 71.1 Å². The van der Waals surface area contributed by atoms with Crippen LogP contribution in [-0.4, -0.2) is 16.8 Å². The third-order valence-corrected chi connectivity index (χ3v) is 4.43. The number of aromatic nitrogens is 1. The van der Waals surface area contributed by atoms with Crippen LogP contribution in [0.25, 0.3) is 0 Å². The van der Waals surface area contributed by atoms with Gasteiger partial charge in [0, 0.05) is 24.6 Å². The van der Waals surface area contributed by atoms with E-state index in [0.717, 1.165) is 17.2 Å². The third-order valence-electron chi connectivity index (χ3n) is 4.14. The lowest BCUT2D eigenvalue weighted by molar-refractivity contribution is 0.0950. The zero-order valence-electron chi connectivity index (χ0n) is 15.0. The van der Waals surface area contributed by atoms with E-state index in [1.165, 1.54) is 30.6 Å². The van der Waals surface area contributed by atoms with E-state index in [4.69, 9.17) is 11.6 Å². The molecule has 142 valence electrons. The van der Waals surface area contributed by atoms with Crippen molar-refractivity contribution < 1.29 is 14.0 Å². The average molecular weight is 398 g/mol. The van der Waals surface area contributed by atoms with Gasteiger partial charge in [-0.3, -0.25) is 14.6 Å². The molecule has 2 amide bonds. The minimum atomic E-state index is -0.575. The van der Waals surface area contributed by atoms with E-state index in [0.29, 0.717) is 12.2 Å². The highest BCUT2D eigenvalue weighted by molar-refractivity contribution is 6.31. The number of carbonyl (C=O) groups excluding carboxylic acids is 2. The molecular formula is C21H17ClFN3O2. The maximum atomic E-state index is 13.2. The van der Waals surface area contributed by atoms with Gasteiger partial charge < -0.3 is 10.6 Å². The van der Waals surface area contributed by atoms with Crippen LogP contribution < -0.4 is 10.6 Å². The lowest BCUT2D eigenvalue weighted by Gasteiger charge is -2.09. The van der Waals surface area contributed by atoms with E-state index in [-0.39, 0.29) is 22.1 Å². The van der Waals surface area contributed by atoms with Gasteiger partial charge >= 0.3 is 0 Å². The Bertz CT molecular complexity index is 1040. The number of carbonyl (C=O) groups is 2. The summed E-state index contributed by atoms with van der Waals surface area (Å²) >= 11 is 5.71. The summed E-state index contributed by atoms with van der Waals surface area (Å²) in [6.45, 7) is 2.34. The molecule has 3 rings (SSSR count). The highest BCUT2D eigenvalue weighted by Crippen LogP contribution is 2.20. The van der Waals surface area contributed by atoms with Gasteiger partial charge in [-0.05, 0) is 42.3 Å². The quantitative estimate of drug-likeness (QED) is 0.671. The summed E-state index contributed by atoms with van der Waals surface area (Å²) in [6.07, 6.45) is 2.73. The molecule has 0 atom stereocenters. The molecule has 0 saturated heterocycles. The average Bonchev–Trinajstić information content (AvgIpc) is 2.70. The Morgan fingerprint density at radius 2 is 1.75 bits per heavy atom. The summed E-state index contributed by atoms with van der Waals surface area (Å²) in [5.74, 6) is -1.40. The van der Waals surface area contributed by atoms with E-state index in [1.54, 1.807) is 0 Å². The van der Waals surface area contributed by atoms with Crippen LogP contribution in [0.2, 0.25) is 5.02 Å². The van der Waals surface area contributed by atoms with Gasteiger partial charge in [-0.1, -0.05) is 35.9 Å². The first-order chi connectivity index (χ1) is 13.4. The Morgan fingerprint density at radius 3 is 2.46 bits per heavy atom. The molecule has 0 fully saturated rings. The maximum Gasteiger partial charge on any atom is 0.257 e. The summed E-state index contributed by atoms with van der Waals surface area (Å²) in [6, 6.07) is 13.0. The van der Waals surface area contributed by atoms with Gasteiger partial charge in [-0.15, -0.1) is 0 Å². The second-order valence-electron chi connectivity index (χ2n) is 6.15. The van der Waals surface area contributed by atoms with Crippen molar-refractivity contribution in [2.45, 2.75) is 13.5 Å². The molecule has 0 spiro atoms. The van der Waals surface area contributed by atoms with Gasteiger partial charge in [0.15, 0.2) is 0 Å². The molecule has 0 bridgehead atoms. The van der Waals surface area contributed by atoms with Gasteiger partial charge in [0.2, 0.25) is 0 Å². The Kier molecular flexibility index (Phi) is 6.01. The summed E-state index contributed by atoms with van der Waals surface area (Å²) in [5.41, 5.74) is 2.88. The van der Waals surface area contributed by atoms with Crippen molar-refractivity contribution in [1.82, 2.24) is 10.3 Å². The lowest BCUT2D eigenvalue weighted by Crippen LogP contribution is -2.24. The number of benzene rings is 2. The molecule has 28 heavy (non-hydrogen) atoms. The molecule has 0 saturated carbocycles. The SMILES string of the molecule is Cc1ccccc1CNC(=O)c1cncc(C(=O)Nc2ccc(F)c(Cl)c2)c1. The van der Waals surface area contributed by atoms with Crippen LogP contribution in [0.15, 0.2) is 60.9 Å². The van der Waals surface area contributed by atoms with Gasteiger partial charge in [0.05, 0.1) is 16.1 Å². The molecule has 7 heteroatoms. The number of rotatable bonds is 5. The van der Waals surface area contributed by atoms with Crippen molar-refractivity contribution in [1.29, 1.82) is 0 Å². The molecule has 0 aliphatic heterocycles. The number of nitrogens with zero attached hydrogens (tertiary/aromatic N) is 1. The van der Waals surface area contributed by atoms with Crippen LogP contribution in [-0.2, 0) is 6.54 Å². The van der Waals surface area contributed by atoms with Crippen LogP contribution in [0, 0.1) is 12.7 Å². The highest BCUT2D eigenvalue weighted by Gasteiger charge is 2.12. The first kappa shape index (κ1) is 19.5. The number of pyridine rings is 1. The van der Waals surface area contributed by atoms with E-state index in [2.05, 4.69) is 15.6 Å². The van der Waals surface area contributed by atoms with Crippen molar-refractivity contribution in [2.24, 2.45) is 0 Å². The largest absolute Gasteiger partial charge is 0.348 e. The van der Waals surface area contributed by atoms with Crippen molar-refractivity contribution in [3.63, 3.8) is 0 Å². The molecular weight excluding hydrogens is 381 g/mol. The van der Waals surface area contributed by atoms with Gasteiger partial charge in [-0.25, -0.2) is 4.39 Å². The fourth-order valence-corrected chi connectivity index (χ4v) is 2.73. The van der Waals surface area contributed by atoms with Crippen molar-refractivity contribution >= 4 is 29.1 Å². The zero-order chi connectivity index (χ0) is 20.1. The fourth-order valence-electron chi connectivity index (χ4n) is 2.55. The molecule has 0 aliphatic rings. The molecule has 1 heterocycles. The number of aryl methyl sites for hydroxylation is 1. The highest BCUT2D eigenvalue weighted by atomic mass is 35.5. The number of hydrogen-bond acceptors (Lipinski definition) is 3. The second-order valence-corrected chi connectivity index (χ2v) is 6.56. The number of halogens is 2. The minimum absolute atomic E-state index is 0.0970. The number of nitrogens with one attached hydrogen (secondary N) is 2. The zero-order valence-corrected chi connectivity index (χ0v) is 15.8. The molecule has 3 aromatic rings. The normalized spacial score (nSPS) is 10.4. The number of anilines is 1. The predicted molar refractivity (Wildman–Crippen MR) is 106 cm³/mol. The van der Waals surface area contributed by atoms with Gasteiger partial charge in [0.1, 0.15) is 5.82 Å². The van der Waals surface area contributed by atoms with Crippen molar-refractivity contribution in [3.8, 4) is 0 Å².